The summed E-state index contributed by atoms with van der Waals surface area (Å²) in [6, 6.07) is 9.90. The molecule has 1 N–H and O–H groups in total. The summed E-state index contributed by atoms with van der Waals surface area (Å²) in [6.07, 6.45) is 0. The van der Waals surface area contributed by atoms with Crippen LogP contribution in [0, 0.1) is 10.1 Å². The molecular formula is C14H14ClN3O3. The highest BCUT2D eigenvalue weighted by atomic mass is 35.5. The lowest BCUT2D eigenvalue weighted by Crippen LogP contribution is -2.04. The van der Waals surface area contributed by atoms with E-state index in [0.717, 1.165) is 5.56 Å². The zero-order chi connectivity index (χ0) is 15.2. The molecule has 1 aromatic heterocycles. The Morgan fingerprint density at radius 3 is 2.81 bits per heavy atom. The van der Waals surface area contributed by atoms with E-state index in [2.05, 4.69) is 10.3 Å². The van der Waals surface area contributed by atoms with Crippen LogP contribution < -0.4 is 10.1 Å². The topological polar surface area (TPSA) is 77.3 Å². The van der Waals surface area contributed by atoms with Crippen molar-refractivity contribution in [1.29, 1.82) is 0 Å². The van der Waals surface area contributed by atoms with Gasteiger partial charge >= 0.3 is 0 Å². The van der Waals surface area contributed by atoms with Gasteiger partial charge in [0.2, 0.25) is 5.88 Å². The zero-order valence-electron chi connectivity index (χ0n) is 11.4. The third-order valence-corrected chi connectivity index (χ3v) is 3.06. The standard InChI is InChI=1S/C14H14ClN3O3/c1-2-16-13-7-11(18(19)20)8-14(17-13)21-9-10-5-3-4-6-12(10)15/h3-8H,2,9H2,1H3,(H,16,17). The van der Waals surface area contributed by atoms with Crippen molar-refractivity contribution in [2.45, 2.75) is 13.5 Å². The molecule has 0 saturated carbocycles. The van der Waals surface area contributed by atoms with Crippen molar-refractivity contribution in [2.24, 2.45) is 0 Å². The molecule has 0 aliphatic carbocycles. The lowest BCUT2D eigenvalue weighted by Gasteiger charge is -2.09. The Bertz CT molecular complexity index is 649. The van der Waals surface area contributed by atoms with E-state index in [4.69, 9.17) is 16.3 Å². The first-order valence-electron chi connectivity index (χ1n) is 6.36. The summed E-state index contributed by atoms with van der Waals surface area (Å²) in [7, 11) is 0. The average molecular weight is 308 g/mol. The Hall–Kier alpha value is -2.34. The van der Waals surface area contributed by atoms with Crippen LogP contribution in [0.25, 0.3) is 0 Å². The number of hydrogen-bond donors (Lipinski definition) is 1. The molecule has 0 atom stereocenters. The van der Waals surface area contributed by atoms with Gasteiger partial charge in [0, 0.05) is 17.1 Å². The number of halogens is 1. The van der Waals surface area contributed by atoms with Crippen molar-refractivity contribution >= 4 is 23.1 Å². The third kappa shape index (κ3) is 4.06. The number of anilines is 1. The number of nitrogens with one attached hydrogen (secondary N) is 1. The molecule has 1 heterocycles. The number of rotatable bonds is 6. The maximum atomic E-state index is 10.9. The average Bonchev–Trinajstić information content (AvgIpc) is 2.46. The second-order valence-electron chi connectivity index (χ2n) is 4.22. The molecule has 110 valence electrons. The number of aromatic nitrogens is 1. The number of nitro groups is 1. The van der Waals surface area contributed by atoms with Gasteiger partial charge in [-0.25, -0.2) is 0 Å². The van der Waals surface area contributed by atoms with E-state index in [1.165, 1.54) is 12.1 Å². The first kappa shape index (κ1) is 15.1. The maximum absolute atomic E-state index is 10.9. The number of pyridine rings is 1. The second kappa shape index (κ2) is 6.90. The van der Waals surface area contributed by atoms with E-state index in [0.29, 0.717) is 17.4 Å². The van der Waals surface area contributed by atoms with E-state index >= 15 is 0 Å². The highest BCUT2D eigenvalue weighted by Gasteiger charge is 2.12. The number of benzene rings is 1. The van der Waals surface area contributed by atoms with Crippen LogP contribution in [0.4, 0.5) is 11.5 Å². The van der Waals surface area contributed by atoms with Crippen LogP contribution in [0.15, 0.2) is 36.4 Å². The molecule has 0 fully saturated rings. The molecule has 0 bridgehead atoms. The lowest BCUT2D eigenvalue weighted by atomic mass is 10.2. The van der Waals surface area contributed by atoms with Gasteiger partial charge in [0.1, 0.15) is 12.4 Å². The van der Waals surface area contributed by atoms with Crippen molar-refractivity contribution in [3.05, 3.63) is 57.1 Å². The Labute approximate surface area is 126 Å². The number of ether oxygens (including phenoxy) is 1. The smallest absolute Gasteiger partial charge is 0.278 e. The second-order valence-corrected chi connectivity index (χ2v) is 4.62. The fourth-order valence-corrected chi connectivity index (χ4v) is 1.90. The lowest BCUT2D eigenvalue weighted by molar-refractivity contribution is -0.384. The zero-order valence-corrected chi connectivity index (χ0v) is 12.1. The molecule has 0 radical (unpaired) electrons. The molecule has 0 unspecified atom stereocenters. The van der Waals surface area contributed by atoms with Crippen LogP contribution in [-0.4, -0.2) is 16.5 Å². The molecule has 0 saturated heterocycles. The summed E-state index contributed by atoms with van der Waals surface area (Å²) >= 11 is 6.03. The predicted molar refractivity (Wildman–Crippen MR) is 80.8 cm³/mol. The molecular weight excluding hydrogens is 294 g/mol. The first-order chi connectivity index (χ1) is 10.1. The monoisotopic (exact) mass is 307 g/mol. The predicted octanol–water partition coefficient (Wildman–Crippen LogP) is 3.65. The fraction of sp³-hybridized carbons (Fsp3) is 0.214. The van der Waals surface area contributed by atoms with Gasteiger partial charge in [-0.3, -0.25) is 10.1 Å². The van der Waals surface area contributed by atoms with E-state index < -0.39 is 4.92 Å². The molecule has 21 heavy (non-hydrogen) atoms. The summed E-state index contributed by atoms with van der Waals surface area (Å²) in [4.78, 5) is 14.6. The molecule has 0 aliphatic rings. The Kier molecular flexibility index (Phi) is 4.94. The van der Waals surface area contributed by atoms with Gasteiger partial charge in [-0.15, -0.1) is 0 Å². The van der Waals surface area contributed by atoms with E-state index in [1.54, 1.807) is 6.07 Å². The van der Waals surface area contributed by atoms with Crippen LogP contribution >= 0.6 is 11.6 Å². The number of hydrogen-bond acceptors (Lipinski definition) is 5. The SMILES string of the molecule is CCNc1cc([N+](=O)[O-])cc(OCc2ccccc2Cl)n1. The normalized spacial score (nSPS) is 10.2. The Morgan fingerprint density at radius 1 is 1.38 bits per heavy atom. The fourth-order valence-electron chi connectivity index (χ4n) is 1.71. The van der Waals surface area contributed by atoms with Gasteiger partial charge in [0.25, 0.3) is 5.69 Å². The van der Waals surface area contributed by atoms with Gasteiger partial charge in [0.05, 0.1) is 17.1 Å². The molecule has 0 spiro atoms. The minimum Gasteiger partial charge on any atom is -0.473 e. The highest BCUT2D eigenvalue weighted by molar-refractivity contribution is 6.31. The van der Waals surface area contributed by atoms with Crippen molar-refractivity contribution in [3.8, 4) is 5.88 Å². The number of nitrogens with zero attached hydrogens (tertiary/aromatic N) is 2. The molecule has 0 amide bonds. The highest BCUT2D eigenvalue weighted by Crippen LogP contribution is 2.24. The summed E-state index contributed by atoms with van der Waals surface area (Å²) in [5, 5.41) is 14.4. The van der Waals surface area contributed by atoms with Gasteiger partial charge in [-0.05, 0) is 13.0 Å². The third-order valence-electron chi connectivity index (χ3n) is 2.69. The van der Waals surface area contributed by atoms with E-state index in [-0.39, 0.29) is 18.2 Å². The molecule has 0 aliphatic heterocycles. The summed E-state index contributed by atoms with van der Waals surface area (Å²) in [5.41, 5.74) is 0.715. The quantitative estimate of drug-likeness (QED) is 0.651. The minimum atomic E-state index is -0.481. The van der Waals surface area contributed by atoms with Gasteiger partial charge in [-0.1, -0.05) is 29.8 Å². The van der Waals surface area contributed by atoms with Crippen molar-refractivity contribution in [1.82, 2.24) is 4.98 Å². The van der Waals surface area contributed by atoms with Crippen molar-refractivity contribution in [2.75, 3.05) is 11.9 Å². The van der Waals surface area contributed by atoms with Crippen molar-refractivity contribution in [3.63, 3.8) is 0 Å². The van der Waals surface area contributed by atoms with E-state index in [1.807, 2.05) is 25.1 Å². The Balaban J connectivity index is 2.19. The van der Waals surface area contributed by atoms with Gasteiger partial charge in [0.15, 0.2) is 0 Å². The maximum Gasteiger partial charge on any atom is 0.278 e. The molecule has 7 heteroatoms. The molecule has 1 aromatic carbocycles. The molecule has 2 aromatic rings. The van der Waals surface area contributed by atoms with Crippen LogP contribution in [-0.2, 0) is 6.61 Å². The van der Waals surface area contributed by atoms with Crippen LogP contribution in [0.1, 0.15) is 12.5 Å². The molecule has 2 rings (SSSR count). The van der Waals surface area contributed by atoms with Crippen LogP contribution in [0.2, 0.25) is 5.02 Å². The van der Waals surface area contributed by atoms with Gasteiger partial charge in [-0.2, -0.15) is 4.98 Å². The summed E-state index contributed by atoms with van der Waals surface area (Å²) < 4.78 is 5.51. The van der Waals surface area contributed by atoms with Crippen LogP contribution in [0.3, 0.4) is 0 Å². The first-order valence-corrected chi connectivity index (χ1v) is 6.74. The largest absolute Gasteiger partial charge is 0.473 e. The van der Waals surface area contributed by atoms with Crippen molar-refractivity contribution < 1.29 is 9.66 Å². The summed E-state index contributed by atoms with van der Waals surface area (Å²) in [6.45, 7) is 2.68. The molecule has 6 nitrogen and oxygen atoms in total. The van der Waals surface area contributed by atoms with E-state index in [9.17, 15) is 10.1 Å². The van der Waals surface area contributed by atoms with Crippen LogP contribution in [0.5, 0.6) is 5.88 Å². The Morgan fingerprint density at radius 2 is 2.14 bits per heavy atom. The van der Waals surface area contributed by atoms with Gasteiger partial charge < -0.3 is 10.1 Å². The minimum absolute atomic E-state index is 0.0740. The summed E-state index contributed by atoms with van der Waals surface area (Å²) in [5.74, 6) is 0.584.